The molecular formula is C27H25N5O2. The summed E-state index contributed by atoms with van der Waals surface area (Å²) >= 11 is 0. The van der Waals surface area contributed by atoms with Crippen molar-refractivity contribution in [3.05, 3.63) is 83.2 Å². The smallest absolute Gasteiger partial charge is 0.234 e. The molecule has 0 spiro atoms. The highest BCUT2D eigenvalue weighted by Crippen LogP contribution is 2.55. The number of aryl methyl sites for hydroxylation is 1. The Hall–Kier alpha value is -3.92. The summed E-state index contributed by atoms with van der Waals surface area (Å²) in [7, 11) is 0. The summed E-state index contributed by atoms with van der Waals surface area (Å²) < 4.78 is 11.8. The number of rotatable bonds is 5. The van der Waals surface area contributed by atoms with Crippen LogP contribution in [0.2, 0.25) is 0 Å². The first kappa shape index (κ1) is 20.7. The molecular weight excluding hydrogens is 426 g/mol. The summed E-state index contributed by atoms with van der Waals surface area (Å²) in [5.41, 5.74) is 3.84. The first-order chi connectivity index (χ1) is 16.7. The van der Waals surface area contributed by atoms with Crippen LogP contribution in [0.4, 0.5) is 5.88 Å². The third-order valence-corrected chi connectivity index (χ3v) is 6.95. The van der Waals surface area contributed by atoms with Crippen molar-refractivity contribution in [2.45, 2.75) is 43.9 Å². The molecule has 7 nitrogen and oxygen atoms in total. The number of piperidine rings is 1. The summed E-state index contributed by atoms with van der Waals surface area (Å²) in [6.07, 6.45) is 2.72. The van der Waals surface area contributed by atoms with E-state index in [1.54, 1.807) is 0 Å². The molecule has 0 N–H and O–H groups in total. The molecule has 7 heteroatoms. The molecule has 1 saturated carbocycles. The number of hydrogen-bond acceptors (Lipinski definition) is 7. The van der Waals surface area contributed by atoms with Crippen LogP contribution in [0, 0.1) is 18.3 Å². The Labute approximate surface area is 198 Å². The van der Waals surface area contributed by atoms with Crippen molar-refractivity contribution < 1.29 is 8.94 Å². The Bertz CT molecular complexity index is 1330. The van der Waals surface area contributed by atoms with E-state index < -0.39 is 0 Å². The fourth-order valence-electron chi connectivity index (χ4n) is 4.86. The van der Waals surface area contributed by atoms with Crippen molar-refractivity contribution in [1.82, 2.24) is 15.1 Å². The van der Waals surface area contributed by atoms with Crippen LogP contribution in [0.25, 0.3) is 11.4 Å². The van der Waals surface area contributed by atoms with E-state index in [-0.39, 0.29) is 11.8 Å². The van der Waals surface area contributed by atoms with Gasteiger partial charge in [0.15, 0.2) is 0 Å². The first-order valence-electron chi connectivity index (χ1n) is 11.8. The molecule has 2 aromatic heterocycles. The maximum absolute atomic E-state index is 9.67. The number of benzene rings is 2. The van der Waals surface area contributed by atoms with Crippen LogP contribution in [0.15, 0.2) is 63.5 Å². The van der Waals surface area contributed by atoms with E-state index in [1.807, 2.05) is 30.3 Å². The summed E-state index contributed by atoms with van der Waals surface area (Å²) in [6, 6.07) is 20.8. The quantitative estimate of drug-likeness (QED) is 0.392. The molecule has 0 unspecified atom stereocenters. The van der Waals surface area contributed by atoms with Crippen LogP contribution in [0.3, 0.4) is 0 Å². The van der Waals surface area contributed by atoms with Crippen LogP contribution >= 0.6 is 0 Å². The van der Waals surface area contributed by atoms with Gasteiger partial charge in [-0.05, 0) is 37.7 Å². The van der Waals surface area contributed by atoms with E-state index in [0.717, 1.165) is 37.9 Å². The fourth-order valence-corrected chi connectivity index (χ4v) is 4.86. The SMILES string of the molecule is Cc1ccc(-c2noc(C3CCN(c4oc([C@@H]5C[C@@H]5c5ccccc5)nc4C#N)CC3)n2)cc1. The van der Waals surface area contributed by atoms with Gasteiger partial charge in [-0.15, -0.1) is 0 Å². The van der Waals surface area contributed by atoms with Crippen molar-refractivity contribution in [2.75, 3.05) is 18.0 Å². The molecule has 4 aromatic rings. The molecule has 0 radical (unpaired) electrons. The van der Waals surface area contributed by atoms with Gasteiger partial charge in [0.25, 0.3) is 0 Å². The van der Waals surface area contributed by atoms with Crippen LogP contribution in [0.1, 0.15) is 65.6 Å². The molecule has 2 aliphatic rings. The van der Waals surface area contributed by atoms with Crippen molar-refractivity contribution in [1.29, 1.82) is 5.26 Å². The van der Waals surface area contributed by atoms with E-state index in [4.69, 9.17) is 8.94 Å². The number of anilines is 1. The highest BCUT2D eigenvalue weighted by Gasteiger charge is 2.44. The largest absolute Gasteiger partial charge is 0.423 e. The fraction of sp³-hybridized carbons (Fsp3) is 0.333. The number of aromatic nitrogens is 3. The second-order valence-electron chi connectivity index (χ2n) is 9.26. The zero-order chi connectivity index (χ0) is 23.1. The van der Waals surface area contributed by atoms with Crippen molar-refractivity contribution >= 4 is 5.88 Å². The number of nitriles is 1. The second-order valence-corrected chi connectivity index (χ2v) is 9.26. The minimum atomic E-state index is 0.196. The normalized spacial score (nSPS) is 20.3. The molecule has 2 atom stereocenters. The van der Waals surface area contributed by atoms with E-state index >= 15 is 0 Å². The highest BCUT2D eigenvalue weighted by atomic mass is 16.5. The Kier molecular flexibility index (Phi) is 5.14. The van der Waals surface area contributed by atoms with Crippen molar-refractivity contribution in [3.8, 4) is 17.5 Å². The van der Waals surface area contributed by atoms with Crippen molar-refractivity contribution in [2.24, 2.45) is 0 Å². The molecule has 0 bridgehead atoms. The molecule has 3 heterocycles. The Morgan fingerprint density at radius 1 is 0.941 bits per heavy atom. The lowest BCUT2D eigenvalue weighted by Crippen LogP contribution is -2.33. The number of hydrogen-bond donors (Lipinski definition) is 0. The standard InChI is InChI=1S/C27H25N5O2/c1-17-7-9-19(10-8-17)24-30-25(34-31-24)20-11-13-32(14-12-20)27-23(16-28)29-26(33-27)22-15-21(22)18-5-3-2-4-6-18/h2-10,20-22H,11-15H2,1H3/t21-,22-/m1/s1. The molecule has 34 heavy (non-hydrogen) atoms. The summed E-state index contributed by atoms with van der Waals surface area (Å²) in [6.45, 7) is 3.56. The van der Waals surface area contributed by atoms with Gasteiger partial charge in [0.1, 0.15) is 6.07 Å². The second kappa shape index (κ2) is 8.45. The van der Waals surface area contributed by atoms with Crippen LogP contribution in [0.5, 0.6) is 0 Å². The van der Waals surface area contributed by atoms with Crippen LogP contribution in [-0.2, 0) is 0 Å². The van der Waals surface area contributed by atoms with Gasteiger partial charge in [0.05, 0.1) is 0 Å². The molecule has 0 amide bonds. The maximum atomic E-state index is 9.67. The minimum Gasteiger partial charge on any atom is -0.423 e. The molecule has 2 fully saturated rings. The summed E-state index contributed by atoms with van der Waals surface area (Å²) in [5.74, 6) is 3.45. The topological polar surface area (TPSA) is 92.0 Å². The monoisotopic (exact) mass is 451 g/mol. The Balaban J connectivity index is 1.13. The van der Waals surface area contributed by atoms with Crippen molar-refractivity contribution in [3.63, 3.8) is 0 Å². The van der Waals surface area contributed by atoms with Gasteiger partial charge in [-0.3, -0.25) is 0 Å². The molecule has 1 aliphatic carbocycles. The van der Waals surface area contributed by atoms with E-state index in [2.05, 4.69) is 57.3 Å². The summed E-state index contributed by atoms with van der Waals surface area (Å²) in [5, 5.41) is 13.9. The van der Waals surface area contributed by atoms with Crippen LogP contribution < -0.4 is 4.90 Å². The highest BCUT2D eigenvalue weighted by molar-refractivity contribution is 5.54. The zero-order valence-corrected chi connectivity index (χ0v) is 19.0. The lowest BCUT2D eigenvalue weighted by molar-refractivity contribution is 0.326. The number of nitrogens with zero attached hydrogens (tertiary/aromatic N) is 5. The summed E-state index contributed by atoms with van der Waals surface area (Å²) in [4.78, 5) is 11.3. The third-order valence-electron chi connectivity index (χ3n) is 6.95. The van der Waals surface area contributed by atoms with E-state index in [1.165, 1.54) is 11.1 Å². The van der Waals surface area contributed by atoms with Gasteiger partial charge in [0, 0.05) is 30.5 Å². The third kappa shape index (κ3) is 3.86. The van der Waals surface area contributed by atoms with Gasteiger partial charge >= 0.3 is 0 Å². The number of oxazole rings is 1. The molecule has 170 valence electrons. The van der Waals surface area contributed by atoms with E-state index in [9.17, 15) is 5.26 Å². The predicted octanol–water partition coefficient (Wildman–Crippen LogP) is 5.56. The average molecular weight is 452 g/mol. The first-order valence-corrected chi connectivity index (χ1v) is 11.8. The van der Waals surface area contributed by atoms with Crippen LogP contribution in [-0.4, -0.2) is 28.2 Å². The molecule has 1 saturated heterocycles. The lowest BCUT2D eigenvalue weighted by Gasteiger charge is -2.29. The average Bonchev–Trinajstić information content (AvgIpc) is 3.32. The van der Waals surface area contributed by atoms with Gasteiger partial charge in [-0.25, -0.2) is 4.98 Å². The minimum absolute atomic E-state index is 0.196. The maximum Gasteiger partial charge on any atom is 0.234 e. The van der Waals surface area contributed by atoms with Gasteiger partial charge in [-0.1, -0.05) is 65.3 Å². The lowest BCUT2D eigenvalue weighted by atomic mass is 9.97. The van der Waals surface area contributed by atoms with Gasteiger partial charge in [0.2, 0.25) is 29.2 Å². The molecule has 1 aliphatic heterocycles. The Morgan fingerprint density at radius 3 is 2.44 bits per heavy atom. The van der Waals surface area contributed by atoms with Gasteiger partial charge < -0.3 is 13.8 Å². The molecule has 2 aromatic carbocycles. The zero-order valence-electron chi connectivity index (χ0n) is 19.0. The Morgan fingerprint density at radius 2 is 1.71 bits per heavy atom. The van der Waals surface area contributed by atoms with E-state index in [0.29, 0.717) is 35.1 Å². The van der Waals surface area contributed by atoms with Gasteiger partial charge in [-0.2, -0.15) is 10.2 Å². The predicted molar refractivity (Wildman–Crippen MR) is 126 cm³/mol. The molecule has 6 rings (SSSR count).